The highest BCUT2D eigenvalue weighted by atomic mass is 35.5. The molecule has 0 amide bonds. The molecule has 1 rings (SSSR count). The number of sulfone groups is 1. The summed E-state index contributed by atoms with van der Waals surface area (Å²) in [5.41, 5.74) is 0. The molecular formula is C8H10ClNO4S2. The van der Waals surface area contributed by atoms with Gasteiger partial charge in [-0.05, 0) is 18.2 Å². The predicted octanol–water partition coefficient (Wildman–Crippen LogP) is 0.781. The molecule has 2 N–H and O–H groups in total. The third kappa shape index (κ3) is 2.73. The first-order valence-electron chi connectivity index (χ1n) is 4.23. The minimum absolute atomic E-state index is 0.0192. The maximum atomic E-state index is 11.6. The fraction of sp³-hybridized carbons (Fsp3) is 0.250. The molecule has 8 heteroatoms. The average Bonchev–Trinajstić information content (AvgIpc) is 2.16. The second kappa shape index (κ2) is 4.33. The number of sulfonamides is 1. The van der Waals surface area contributed by atoms with Crippen LogP contribution in [0.3, 0.4) is 0 Å². The Morgan fingerprint density at radius 1 is 1.25 bits per heavy atom. The lowest BCUT2D eigenvalue weighted by atomic mass is 10.4. The van der Waals surface area contributed by atoms with E-state index in [4.69, 9.17) is 16.7 Å². The van der Waals surface area contributed by atoms with Crippen molar-refractivity contribution in [2.45, 2.75) is 16.7 Å². The first-order chi connectivity index (χ1) is 7.18. The van der Waals surface area contributed by atoms with Crippen LogP contribution in [0, 0.1) is 0 Å². The summed E-state index contributed by atoms with van der Waals surface area (Å²) in [7, 11) is -7.50. The standard InChI is InChI=1S/C8H10ClNO4S2/c1-2-15(11,12)8-5-6(16(10,13)14)3-4-7(8)9/h3-5H,2H2,1H3,(H2,10,13,14). The van der Waals surface area contributed by atoms with Gasteiger partial charge in [0.15, 0.2) is 9.84 Å². The first-order valence-corrected chi connectivity index (χ1v) is 7.81. The number of primary sulfonamides is 1. The number of halogens is 1. The monoisotopic (exact) mass is 283 g/mol. The van der Waals surface area contributed by atoms with Gasteiger partial charge < -0.3 is 0 Å². The number of hydrogen-bond acceptors (Lipinski definition) is 4. The number of benzene rings is 1. The van der Waals surface area contributed by atoms with Crippen LogP contribution in [0.5, 0.6) is 0 Å². The van der Waals surface area contributed by atoms with Gasteiger partial charge in [-0.2, -0.15) is 0 Å². The number of hydrogen-bond donors (Lipinski definition) is 1. The van der Waals surface area contributed by atoms with E-state index in [9.17, 15) is 16.8 Å². The van der Waals surface area contributed by atoms with E-state index in [1.165, 1.54) is 13.0 Å². The topological polar surface area (TPSA) is 94.3 Å². The lowest BCUT2D eigenvalue weighted by Gasteiger charge is -2.06. The molecule has 90 valence electrons. The maximum absolute atomic E-state index is 11.6. The minimum atomic E-state index is -3.93. The van der Waals surface area contributed by atoms with Crippen LogP contribution in [0.4, 0.5) is 0 Å². The van der Waals surface area contributed by atoms with Crippen molar-refractivity contribution in [1.29, 1.82) is 0 Å². The zero-order valence-electron chi connectivity index (χ0n) is 8.34. The average molecular weight is 284 g/mol. The molecule has 0 heterocycles. The van der Waals surface area contributed by atoms with Crippen LogP contribution in [0.15, 0.2) is 28.0 Å². The summed E-state index contributed by atoms with van der Waals surface area (Å²) in [6, 6.07) is 3.33. The molecule has 0 atom stereocenters. The summed E-state index contributed by atoms with van der Waals surface area (Å²) < 4.78 is 45.3. The quantitative estimate of drug-likeness (QED) is 0.887. The van der Waals surface area contributed by atoms with Gasteiger partial charge >= 0.3 is 0 Å². The van der Waals surface area contributed by atoms with Gasteiger partial charge in [-0.25, -0.2) is 22.0 Å². The van der Waals surface area contributed by atoms with Crippen LogP contribution in [-0.2, 0) is 19.9 Å². The zero-order valence-corrected chi connectivity index (χ0v) is 10.7. The Hall–Kier alpha value is -0.630. The van der Waals surface area contributed by atoms with Gasteiger partial charge in [0.05, 0.1) is 20.6 Å². The van der Waals surface area contributed by atoms with Crippen LogP contribution in [0.25, 0.3) is 0 Å². The third-order valence-corrected chi connectivity index (χ3v) is 5.07. The molecule has 5 nitrogen and oxygen atoms in total. The fourth-order valence-corrected chi connectivity index (χ4v) is 3.12. The van der Waals surface area contributed by atoms with E-state index in [1.54, 1.807) is 0 Å². The summed E-state index contributed by atoms with van der Waals surface area (Å²) in [5, 5.41) is 4.88. The van der Waals surface area contributed by atoms with Gasteiger partial charge in [-0.3, -0.25) is 0 Å². The number of nitrogens with two attached hydrogens (primary N) is 1. The Labute approximate surface area is 99.2 Å². The van der Waals surface area contributed by atoms with Crippen molar-refractivity contribution in [3.63, 3.8) is 0 Å². The lowest BCUT2D eigenvalue weighted by Crippen LogP contribution is -2.13. The van der Waals surface area contributed by atoms with Crippen molar-refractivity contribution in [2.75, 3.05) is 5.75 Å². The number of rotatable bonds is 3. The summed E-state index contributed by atoms with van der Waals surface area (Å²) in [5.74, 6) is -0.166. The third-order valence-electron chi connectivity index (χ3n) is 1.95. The van der Waals surface area contributed by atoms with Crippen LogP contribution in [0.2, 0.25) is 5.02 Å². The maximum Gasteiger partial charge on any atom is 0.238 e. The summed E-state index contributed by atoms with van der Waals surface area (Å²) >= 11 is 5.69. The van der Waals surface area contributed by atoms with Gasteiger partial charge in [-0.1, -0.05) is 18.5 Å². The Bertz CT molecular complexity index is 607. The molecule has 0 saturated carbocycles. The highest BCUT2D eigenvalue weighted by Gasteiger charge is 2.19. The Morgan fingerprint density at radius 2 is 1.81 bits per heavy atom. The summed E-state index contributed by atoms with van der Waals surface area (Å²) in [6.07, 6.45) is 0. The van der Waals surface area contributed by atoms with E-state index in [0.29, 0.717) is 0 Å². The van der Waals surface area contributed by atoms with Crippen LogP contribution in [0.1, 0.15) is 6.92 Å². The Morgan fingerprint density at radius 3 is 2.25 bits per heavy atom. The van der Waals surface area contributed by atoms with Crippen molar-refractivity contribution in [3.8, 4) is 0 Å². The first kappa shape index (κ1) is 13.4. The largest absolute Gasteiger partial charge is 0.238 e. The minimum Gasteiger partial charge on any atom is -0.225 e. The molecule has 1 aromatic rings. The van der Waals surface area contributed by atoms with Gasteiger partial charge in [0.25, 0.3) is 0 Å². The zero-order chi connectivity index (χ0) is 12.6. The van der Waals surface area contributed by atoms with Gasteiger partial charge in [0.1, 0.15) is 0 Å². The Kier molecular flexibility index (Phi) is 3.63. The van der Waals surface area contributed by atoms with Crippen LogP contribution < -0.4 is 5.14 Å². The normalized spacial score (nSPS) is 12.7. The van der Waals surface area contributed by atoms with Crippen LogP contribution >= 0.6 is 11.6 Å². The van der Waals surface area contributed by atoms with E-state index in [2.05, 4.69) is 0 Å². The molecule has 0 saturated heterocycles. The van der Waals surface area contributed by atoms with Gasteiger partial charge in [0, 0.05) is 0 Å². The fourth-order valence-electron chi connectivity index (χ4n) is 1.05. The molecule has 0 unspecified atom stereocenters. The molecule has 0 spiro atoms. The van der Waals surface area contributed by atoms with E-state index in [0.717, 1.165) is 12.1 Å². The summed E-state index contributed by atoms with van der Waals surface area (Å²) in [6.45, 7) is 1.44. The highest BCUT2D eigenvalue weighted by Crippen LogP contribution is 2.25. The molecular weight excluding hydrogens is 274 g/mol. The lowest BCUT2D eigenvalue weighted by molar-refractivity contribution is 0.595. The smallest absolute Gasteiger partial charge is 0.225 e. The van der Waals surface area contributed by atoms with E-state index < -0.39 is 19.9 Å². The van der Waals surface area contributed by atoms with E-state index in [-0.39, 0.29) is 20.6 Å². The molecule has 0 radical (unpaired) electrons. The summed E-state index contributed by atoms with van der Waals surface area (Å²) in [4.78, 5) is -0.493. The van der Waals surface area contributed by atoms with Crippen molar-refractivity contribution in [2.24, 2.45) is 5.14 Å². The van der Waals surface area contributed by atoms with Gasteiger partial charge in [-0.15, -0.1) is 0 Å². The molecule has 0 aliphatic carbocycles. The SMILES string of the molecule is CCS(=O)(=O)c1cc(S(N)(=O)=O)ccc1Cl. The highest BCUT2D eigenvalue weighted by molar-refractivity contribution is 7.91. The van der Waals surface area contributed by atoms with Crippen molar-refractivity contribution < 1.29 is 16.8 Å². The Balaban J connectivity index is 3.54. The van der Waals surface area contributed by atoms with E-state index >= 15 is 0 Å². The second-order valence-electron chi connectivity index (χ2n) is 3.04. The molecule has 0 aliphatic rings. The molecule has 0 aliphatic heterocycles. The van der Waals surface area contributed by atoms with Crippen molar-refractivity contribution in [1.82, 2.24) is 0 Å². The van der Waals surface area contributed by atoms with Crippen molar-refractivity contribution >= 4 is 31.5 Å². The van der Waals surface area contributed by atoms with Crippen molar-refractivity contribution in [3.05, 3.63) is 23.2 Å². The van der Waals surface area contributed by atoms with Gasteiger partial charge in [0.2, 0.25) is 10.0 Å². The second-order valence-corrected chi connectivity index (χ2v) is 7.26. The predicted molar refractivity (Wildman–Crippen MR) is 60.6 cm³/mol. The molecule has 16 heavy (non-hydrogen) atoms. The molecule has 0 fully saturated rings. The van der Waals surface area contributed by atoms with E-state index in [1.807, 2.05) is 0 Å². The molecule has 1 aromatic carbocycles. The molecule has 0 aromatic heterocycles. The molecule has 0 bridgehead atoms. The van der Waals surface area contributed by atoms with Crippen LogP contribution in [-0.4, -0.2) is 22.6 Å².